The molecule has 26 heavy (non-hydrogen) atoms. The lowest BCUT2D eigenvalue weighted by Crippen LogP contribution is -2.53. The lowest BCUT2D eigenvalue weighted by Gasteiger charge is -2.43. The Hall–Kier alpha value is -1.99. The molecule has 1 spiro atoms. The van der Waals surface area contributed by atoms with E-state index in [1.165, 1.54) is 0 Å². The van der Waals surface area contributed by atoms with Crippen molar-refractivity contribution in [3.63, 3.8) is 0 Å². The van der Waals surface area contributed by atoms with Crippen molar-refractivity contribution in [1.29, 1.82) is 0 Å². The zero-order valence-electron chi connectivity index (χ0n) is 14.9. The molecule has 3 heterocycles. The van der Waals surface area contributed by atoms with Crippen LogP contribution in [0.15, 0.2) is 24.3 Å². The van der Waals surface area contributed by atoms with Crippen LogP contribution < -0.4 is 20.1 Å². The van der Waals surface area contributed by atoms with Crippen LogP contribution in [0, 0.1) is 0 Å². The lowest BCUT2D eigenvalue weighted by atomic mass is 9.84. The molecule has 0 aromatic heterocycles. The Morgan fingerprint density at radius 3 is 2.81 bits per heavy atom. The van der Waals surface area contributed by atoms with E-state index in [-0.39, 0.29) is 23.8 Å². The highest BCUT2D eigenvalue weighted by atomic mass is 16.6. The summed E-state index contributed by atoms with van der Waals surface area (Å²) in [5.74, 6) is 1.47. The summed E-state index contributed by atoms with van der Waals surface area (Å²) in [5, 5.41) is 5.98. The van der Waals surface area contributed by atoms with Crippen molar-refractivity contribution in [3.05, 3.63) is 24.3 Å². The Labute approximate surface area is 153 Å². The number of carbonyl (C=O) groups is 1. The van der Waals surface area contributed by atoms with Gasteiger partial charge in [0.15, 0.2) is 17.6 Å². The minimum Gasteiger partial charge on any atom is -0.486 e. The minimum atomic E-state index is -0.188. The second-order valence-corrected chi connectivity index (χ2v) is 7.19. The van der Waals surface area contributed by atoms with E-state index in [1.807, 2.05) is 24.3 Å². The second kappa shape index (κ2) is 7.72. The highest BCUT2D eigenvalue weighted by Gasteiger charge is 2.39. The summed E-state index contributed by atoms with van der Waals surface area (Å²) in [6, 6.07) is 7.53. The monoisotopic (exact) mass is 362 g/mol. The van der Waals surface area contributed by atoms with E-state index in [1.54, 1.807) is 0 Å². The van der Waals surface area contributed by atoms with Gasteiger partial charge >= 0.3 is 6.03 Å². The van der Waals surface area contributed by atoms with Crippen molar-refractivity contribution < 1.29 is 23.7 Å². The first-order chi connectivity index (χ1) is 12.7. The number of rotatable bonds is 3. The van der Waals surface area contributed by atoms with Gasteiger partial charge in [0.05, 0.1) is 12.1 Å². The van der Waals surface area contributed by atoms with Gasteiger partial charge in [-0.2, -0.15) is 0 Å². The third-order valence-corrected chi connectivity index (χ3v) is 5.29. The van der Waals surface area contributed by atoms with Crippen LogP contribution in [-0.4, -0.2) is 56.8 Å². The van der Waals surface area contributed by atoms with Crippen molar-refractivity contribution in [2.24, 2.45) is 0 Å². The van der Waals surface area contributed by atoms with E-state index < -0.39 is 0 Å². The molecule has 2 fully saturated rings. The number of carbonyl (C=O) groups excluding carboxylic acids is 1. The number of hydrogen-bond acceptors (Lipinski definition) is 5. The van der Waals surface area contributed by atoms with Crippen LogP contribution in [0.4, 0.5) is 4.79 Å². The molecule has 1 aromatic carbocycles. The molecular formula is C19H26N2O5. The molecule has 7 nitrogen and oxygen atoms in total. The SMILES string of the molecule is O=C(NCC1COc2ccccc2O1)NC1CCOC2(CCOCC2)C1. The van der Waals surface area contributed by atoms with Crippen molar-refractivity contribution >= 4 is 6.03 Å². The van der Waals surface area contributed by atoms with Gasteiger partial charge in [0.2, 0.25) is 0 Å². The van der Waals surface area contributed by atoms with Crippen molar-refractivity contribution in [3.8, 4) is 11.5 Å². The summed E-state index contributed by atoms with van der Waals surface area (Å²) >= 11 is 0. The van der Waals surface area contributed by atoms with Crippen LogP contribution in [0.25, 0.3) is 0 Å². The molecule has 4 rings (SSSR count). The minimum absolute atomic E-state index is 0.127. The number of nitrogens with one attached hydrogen (secondary N) is 2. The number of fused-ring (bicyclic) bond motifs is 1. The molecule has 3 aliphatic rings. The van der Waals surface area contributed by atoms with Crippen LogP contribution in [0.5, 0.6) is 11.5 Å². The largest absolute Gasteiger partial charge is 0.486 e. The number of benzene rings is 1. The maximum atomic E-state index is 12.3. The summed E-state index contributed by atoms with van der Waals surface area (Å²) in [6.45, 7) is 2.99. The fraction of sp³-hybridized carbons (Fsp3) is 0.632. The smallest absolute Gasteiger partial charge is 0.315 e. The second-order valence-electron chi connectivity index (χ2n) is 7.19. The number of urea groups is 1. The van der Waals surface area contributed by atoms with Gasteiger partial charge in [-0.1, -0.05) is 12.1 Å². The third-order valence-electron chi connectivity index (χ3n) is 5.29. The van der Waals surface area contributed by atoms with Crippen LogP contribution >= 0.6 is 0 Å². The van der Waals surface area contributed by atoms with E-state index in [0.717, 1.165) is 50.4 Å². The molecule has 7 heteroatoms. The maximum Gasteiger partial charge on any atom is 0.315 e. The Morgan fingerprint density at radius 2 is 1.96 bits per heavy atom. The van der Waals surface area contributed by atoms with E-state index in [2.05, 4.69) is 10.6 Å². The summed E-state index contributed by atoms with van der Waals surface area (Å²) < 4.78 is 23.0. The van der Waals surface area contributed by atoms with E-state index in [9.17, 15) is 4.79 Å². The maximum absolute atomic E-state index is 12.3. The Morgan fingerprint density at radius 1 is 1.15 bits per heavy atom. The van der Waals surface area contributed by atoms with Crippen LogP contribution in [-0.2, 0) is 9.47 Å². The first kappa shape index (κ1) is 17.4. The average molecular weight is 362 g/mol. The van der Waals surface area contributed by atoms with E-state index in [0.29, 0.717) is 19.8 Å². The molecule has 1 aromatic rings. The fourth-order valence-electron chi connectivity index (χ4n) is 3.85. The van der Waals surface area contributed by atoms with Crippen LogP contribution in [0.2, 0.25) is 0 Å². The normalized spacial score (nSPS) is 26.9. The van der Waals surface area contributed by atoms with Crippen molar-refractivity contribution in [2.45, 2.75) is 43.4 Å². The van der Waals surface area contributed by atoms with Crippen molar-refractivity contribution in [1.82, 2.24) is 10.6 Å². The molecule has 3 aliphatic heterocycles. The quantitative estimate of drug-likeness (QED) is 0.858. The van der Waals surface area contributed by atoms with E-state index >= 15 is 0 Å². The van der Waals surface area contributed by atoms with Gasteiger partial charge < -0.3 is 29.6 Å². The van der Waals surface area contributed by atoms with Gasteiger partial charge in [-0.25, -0.2) is 4.79 Å². The third kappa shape index (κ3) is 4.04. The highest BCUT2D eigenvalue weighted by Crippen LogP contribution is 2.34. The predicted molar refractivity (Wildman–Crippen MR) is 94.6 cm³/mol. The Bertz CT molecular complexity index is 627. The summed E-state index contributed by atoms with van der Waals surface area (Å²) in [7, 11) is 0. The molecule has 2 unspecified atom stereocenters. The Kier molecular flexibility index (Phi) is 5.17. The molecule has 2 N–H and O–H groups in total. The van der Waals surface area contributed by atoms with E-state index in [4.69, 9.17) is 18.9 Å². The van der Waals surface area contributed by atoms with Gasteiger partial charge in [0.25, 0.3) is 0 Å². The number of ether oxygens (including phenoxy) is 4. The standard InChI is InChI=1S/C19H26N2O5/c22-18(20-12-15-13-24-16-3-1-2-4-17(16)26-15)21-14-5-8-25-19(11-14)6-9-23-10-7-19/h1-4,14-15H,5-13H2,(H2,20,21,22). The molecule has 0 radical (unpaired) electrons. The van der Waals surface area contributed by atoms with Gasteiger partial charge in [-0.3, -0.25) is 0 Å². The predicted octanol–water partition coefficient (Wildman–Crippen LogP) is 1.85. The van der Waals surface area contributed by atoms with Crippen LogP contribution in [0.1, 0.15) is 25.7 Å². The van der Waals surface area contributed by atoms with Gasteiger partial charge in [-0.05, 0) is 37.8 Å². The molecule has 0 saturated carbocycles. The molecule has 2 amide bonds. The van der Waals surface area contributed by atoms with Gasteiger partial charge in [0, 0.05) is 25.9 Å². The average Bonchev–Trinajstić information content (AvgIpc) is 2.67. The molecule has 2 saturated heterocycles. The Balaban J connectivity index is 1.23. The van der Waals surface area contributed by atoms with Crippen LogP contribution in [0.3, 0.4) is 0 Å². The summed E-state index contributed by atoms with van der Waals surface area (Å²) in [4.78, 5) is 12.3. The fourth-order valence-corrected chi connectivity index (χ4v) is 3.85. The number of para-hydroxylation sites is 2. The molecule has 142 valence electrons. The number of hydrogen-bond donors (Lipinski definition) is 2. The summed E-state index contributed by atoms with van der Waals surface area (Å²) in [6.07, 6.45) is 3.30. The highest BCUT2D eigenvalue weighted by molar-refractivity contribution is 5.74. The first-order valence-corrected chi connectivity index (χ1v) is 9.37. The molecule has 0 aliphatic carbocycles. The zero-order valence-corrected chi connectivity index (χ0v) is 14.9. The topological polar surface area (TPSA) is 78.1 Å². The van der Waals surface area contributed by atoms with Gasteiger partial charge in [-0.15, -0.1) is 0 Å². The molecule has 2 atom stereocenters. The van der Waals surface area contributed by atoms with Gasteiger partial charge in [0.1, 0.15) is 6.61 Å². The molecule has 0 bridgehead atoms. The first-order valence-electron chi connectivity index (χ1n) is 9.37. The molecular weight excluding hydrogens is 336 g/mol. The lowest BCUT2D eigenvalue weighted by molar-refractivity contribution is -0.139. The number of amides is 2. The zero-order chi connectivity index (χ0) is 17.8. The van der Waals surface area contributed by atoms with Crippen molar-refractivity contribution in [2.75, 3.05) is 33.0 Å². The summed E-state index contributed by atoms with van der Waals surface area (Å²) in [5.41, 5.74) is -0.127.